The molecule has 0 amide bonds. The Hall–Kier alpha value is -2.44. The van der Waals surface area contributed by atoms with Gasteiger partial charge in [-0.1, -0.05) is 60.7 Å². The van der Waals surface area contributed by atoms with Gasteiger partial charge >= 0.3 is 0 Å². The molecule has 0 aliphatic carbocycles. The minimum Gasteiger partial charge on any atom is -0.266 e. The van der Waals surface area contributed by atoms with Crippen LogP contribution in [0.1, 0.15) is 33.3 Å². The van der Waals surface area contributed by atoms with Gasteiger partial charge in [0.1, 0.15) is 10.6 Å². The van der Waals surface area contributed by atoms with Gasteiger partial charge in [-0.15, -0.1) is 0 Å². The topological polar surface area (TPSA) is 55.2 Å². The van der Waals surface area contributed by atoms with Crippen LogP contribution in [0.2, 0.25) is 0 Å². The number of rotatable bonds is 7. The Labute approximate surface area is 167 Å². The van der Waals surface area contributed by atoms with Gasteiger partial charge in [-0.2, -0.15) is 9.40 Å². The molecule has 1 aromatic heterocycles. The van der Waals surface area contributed by atoms with Gasteiger partial charge in [0.2, 0.25) is 10.0 Å². The van der Waals surface area contributed by atoms with Crippen molar-refractivity contribution in [1.29, 1.82) is 0 Å². The summed E-state index contributed by atoms with van der Waals surface area (Å²) >= 11 is 0. The van der Waals surface area contributed by atoms with Gasteiger partial charge in [0, 0.05) is 23.8 Å². The predicted octanol–water partition coefficient (Wildman–Crippen LogP) is 4.41. The molecule has 0 fully saturated rings. The Morgan fingerprint density at radius 2 is 1.43 bits per heavy atom. The standard InChI is InChI=1S/C22H27N3O2S/c1-17(2)25(18(3)4)28(26,27)21-16-24(15-19-11-7-5-8-12-19)23-22(21)20-13-9-6-10-14-20/h5-14,16-18H,15H2,1-4H3. The number of hydrogen-bond acceptors (Lipinski definition) is 3. The zero-order chi connectivity index (χ0) is 20.3. The van der Waals surface area contributed by atoms with E-state index in [4.69, 9.17) is 0 Å². The first-order valence-corrected chi connectivity index (χ1v) is 10.9. The van der Waals surface area contributed by atoms with Gasteiger partial charge in [-0.25, -0.2) is 8.42 Å². The molecule has 0 aliphatic rings. The number of hydrogen-bond donors (Lipinski definition) is 0. The van der Waals surface area contributed by atoms with E-state index in [0.29, 0.717) is 12.2 Å². The summed E-state index contributed by atoms with van der Waals surface area (Å²) in [6.45, 7) is 8.10. The average molecular weight is 398 g/mol. The summed E-state index contributed by atoms with van der Waals surface area (Å²) in [6.07, 6.45) is 1.66. The lowest BCUT2D eigenvalue weighted by Crippen LogP contribution is -2.42. The Bertz CT molecular complexity index is 1000. The van der Waals surface area contributed by atoms with Crippen LogP contribution in [0.4, 0.5) is 0 Å². The van der Waals surface area contributed by atoms with E-state index in [-0.39, 0.29) is 17.0 Å². The highest BCUT2D eigenvalue weighted by molar-refractivity contribution is 7.89. The fourth-order valence-corrected chi connectivity index (χ4v) is 5.50. The zero-order valence-electron chi connectivity index (χ0n) is 16.8. The molecule has 0 radical (unpaired) electrons. The molecule has 0 saturated heterocycles. The molecule has 3 rings (SSSR count). The van der Waals surface area contributed by atoms with Crippen molar-refractivity contribution in [1.82, 2.24) is 14.1 Å². The van der Waals surface area contributed by atoms with E-state index in [1.54, 1.807) is 15.2 Å². The third-order valence-electron chi connectivity index (χ3n) is 4.54. The van der Waals surface area contributed by atoms with Crippen LogP contribution in [0.15, 0.2) is 71.8 Å². The maximum atomic E-state index is 13.5. The molecular weight excluding hydrogens is 370 g/mol. The van der Waals surface area contributed by atoms with Crippen molar-refractivity contribution in [3.05, 3.63) is 72.4 Å². The second kappa shape index (κ2) is 8.29. The van der Waals surface area contributed by atoms with Gasteiger partial charge in [0.15, 0.2) is 0 Å². The smallest absolute Gasteiger partial charge is 0.247 e. The van der Waals surface area contributed by atoms with Gasteiger partial charge in [0.25, 0.3) is 0 Å². The molecule has 0 bridgehead atoms. The van der Waals surface area contributed by atoms with Gasteiger partial charge < -0.3 is 0 Å². The fourth-order valence-electron chi connectivity index (χ4n) is 3.50. The van der Waals surface area contributed by atoms with Gasteiger partial charge in [0.05, 0.1) is 6.54 Å². The quantitative estimate of drug-likeness (QED) is 0.593. The predicted molar refractivity (Wildman–Crippen MR) is 113 cm³/mol. The summed E-state index contributed by atoms with van der Waals surface area (Å²) in [7, 11) is -3.70. The van der Waals surface area contributed by atoms with Crippen LogP contribution in [0, 0.1) is 0 Å². The third-order valence-corrected chi connectivity index (χ3v) is 6.79. The van der Waals surface area contributed by atoms with Crippen molar-refractivity contribution in [2.24, 2.45) is 0 Å². The Balaban J connectivity index is 2.13. The molecule has 28 heavy (non-hydrogen) atoms. The van der Waals surface area contributed by atoms with Crippen LogP contribution in [-0.2, 0) is 16.6 Å². The summed E-state index contributed by atoms with van der Waals surface area (Å²) in [6, 6.07) is 19.1. The molecule has 148 valence electrons. The molecule has 1 heterocycles. The first-order chi connectivity index (χ1) is 13.3. The minimum absolute atomic E-state index is 0.147. The number of benzene rings is 2. The van der Waals surface area contributed by atoms with Crippen molar-refractivity contribution in [3.8, 4) is 11.3 Å². The van der Waals surface area contributed by atoms with Crippen molar-refractivity contribution in [3.63, 3.8) is 0 Å². The molecule has 2 aromatic carbocycles. The molecule has 6 heteroatoms. The van der Waals surface area contributed by atoms with E-state index in [1.807, 2.05) is 88.4 Å². The Morgan fingerprint density at radius 1 is 0.893 bits per heavy atom. The first-order valence-electron chi connectivity index (χ1n) is 9.51. The first kappa shape index (κ1) is 20.3. The van der Waals surface area contributed by atoms with E-state index in [2.05, 4.69) is 5.10 Å². The Morgan fingerprint density at radius 3 is 1.96 bits per heavy atom. The fraction of sp³-hybridized carbons (Fsp3) is 0.318. The van der Waals surface area contributed by atoms with E-state index < -0.39 is 10.0 Å². The van der Waals surface area contributed by atoms with Crippen LogP contribution in [0.25, 0.3) is 11.3 Å². The highest BCUT2D eigenvalue weighted by atomic mass is 32.2. The minimum atomic E-state index is -3.70. The second-order valence-corrected chi connectivity index (χ2v) is 9.23. The van der Waals surface area contributed by atoms with Crippen LogP contribution in [-0.4, -0.2) is 34.6 Å². The molecule has 5 nitrogen and oxygen atoms in total. The summed E-state index contributed by atoms with van der Waals surface area (Å²) in [5, 5.41) is 4.65. The molecule has 0 N–H and O–H groups in total. The summed E-state index contributed by atoms with van der Waals surface area (Å²) in [5.74, 6) is 0. The highest BCUT2D eigenvalue weighted by Crippen LogP contribution is 2.30. The van der Waals surface area contributed by atoms with Crippen LogP contribution in [0.3, 0.4) is 0 Å². The SMILES string of the molecule is CC(C)N(C(C)C)S(=O)(=O)c1cn(Cc2ccccc2)nc1-c1ccccc1. The molecular formula is C22H27N3O2S. The van der Waals surface area contributed by atoms with Crippen molar-refractivity contribution < 1.29 is 8.42 Å². The molecule has 0 spiro atoms. The zero-order valence-corrected chi connectivity index (χ0v) is 17.6. The summed E-state index contributed by atoms with van der Waals surface area (Å²) in [4.78, 5) is 0.247. The maximum absolute atomic E-state index is 13.5. The van der Waals surface area contributed by atoms with Gasteiger partial charge in [-0.05, 0) is 33.3 Å². The van der Waals surface area contributed by atoms with E-state index >= 15 is 0 Å². The van der Waals surface area contributed by atoms with Crippen LogP contribution < -0.4 is 0 Å². The largest absolute Gasteiger partial charge is 0.266 e. The van der Waals surface area contributed by atoms with E-state index in [0.717, 1.165) is 11.1 Å². The summed E-state index contributed by atoms with van der Waals surface area (Å²) < 4.78 is 30.4. The number of nitrogens with zero attached hydrogens (tertiary/aromatic N) is 3. The number of sulfonamides is 1. The normalized spacial score (nSPS) is 12.2. The van der Waals surface area contributed by atoms with Crippen molar-refractivity contribution in [2.45, 2.75) is 51.2 Å². The lowest BCUT2D eigenvalue weighted by atomic mass is 10.2. The van der Waals surface area contributed by atoms with Crippen molar-refractivity contribution >= 4 is 10.0 Å². The van der Waals surface area contributed by atoms with E-state index in [1.165, 1.54) is 0 Å². The Kier molecular flexibility index (Phi) is 6.01. The molecule has 0 atom stereocenters. The third kappa shape index (κ3) is 4.18. The molecule has 0 saturated carbocycles. The second-order valence-electron chi connectivity index (χ2n) is 7.41. The maximum Gasteiger partial charge on any atom is 0.247 e. The molecule has 3 aromatic rings. The summed E-state index contributed by atoms with van der Waals surface area (Å²) in [5.41, 5.74) is 2.35. The average Bonchev–Trinajstić information content (AvgIpc) is 3.07. The van der Waals surface area contributed by atoms with E-state index in [9.17, 15) is 8.42 Å². The van der Waals surface area contributed by atoms with Gasteiger partial charge in [-0.3, -0.25) is 4.68 Å². The number of aromatic nitrogens is 2. The monoisotopic (exact) mass is 397 g/mol. The lowest BCUT2D eigenvalue weighted by molar-refractivity contribution is 0.302. The van der Waals surface area contributed by atoms with Crippen LogP contribution in [0.5, 0.6) is 0 Å². The van der Waals surface area contributed by atoms with Crippen LogP contribution >= 0.6 is 0 Å². The highest BCUT2D eigenvalue weighted by Gasteiger charge is 2.33. The van der Waals surface area contributed by atoms with Crippen molar-refractivity contribution in [2.75, 3.05) is 0 Å². The lowest BCUT2D eigenvalue weighted by Gasteiger charge is -2.29. The molecule has 0 aliphatic heterocycles. The molecule has 0 unspecified atom stereocenters.